The summed E-state index contributed by atoms with van der Waals surface area (Å²) >= 11 is 7.52. The van der Waals surface area contributed by atoms with Crippen molar-refractivity contribution < 1.29 is 9.59 Å². The topological polar surface area (TPSA) is 56.8 Å². The summed E-state index contributed by atoms with van der Waals surface area (Å²) < 4.78 is 0. The van der Waals surface area contributed by atoms with Gasteiger partial charge in [0.25, 0.3) is 5.91 Å². The molecular formula is C19H21ClN4O2S. The zero-order valence-corrected chi connectivity index (χ0v) is 16.8. The first kappa shape index (κ1) is 18.3. The Hall–Kier alpha value is -2.12. The van der Waals surface area contributed by atoms with E-state index in [4.69, 9.17) is 11.6 Å². The number of hydrogen-bond donors (Lipinski definition) is 0. The second kappa shape index (κ2) is 6.80. The smallest absolute Gasteiger partial charge is 0.252 e. The molecule has 27 heavy (non-hydrogen) atoms. The molecule has 2 amide bonds. The van der Waals surface area contributed by atoms with Gasteiger partial charge in [0.1, 0.15) is 6.54 Å². The molecule has 0 radical (unpaired) electrons. The Kier molecular flexibility index (Phi) is 4.60. The summed E-state index contributed by atoms with van der Waals surface area (Å²) in [5.74, 6) is 0.0101. The molecule has 6 nitrogen and oxygen atoms in total. The monoisotopic (exact) mass is 404 g/mol. The molecule has 2 fully saturated rings. The normalized spacial score (nSPS) is 19.2. The maximum absolute atomic E-state index is 13.4. The van der Waals surface area contributed by atoms with E-state index in [1.807, 2.05) is 43.5 Å². The lowest BCUT2D eigenvalue weighted by Gasteiger charge is -2.58. The highest BCUT2D eigenvalue weighted by Gasteiger charge is 2.60. The summed E-state index contributed by atoms with van der Waals surface area (Å²) in [4.78, 5) is 36.2. The molecule has 142 valence electrons. The van der Waals surface area contributed by atoms with E-state index in [1.165, 1.54) is 0 Å². The van der Waals surface area contributed by atoms with E-state index in [-0.39, 0.29) is 24.4 Å². The van der Waals surface area contributed by atoms with Gasteiger partial charge in [0, 0.05) is 29.2 Å². The first-order valence-electron chi connectivity index (χ1n) is 8.91. The standard InChI is InChI=1S/C19H21ClN4O2S/c1-13(2)23-10-16(25)24(9-14-3-5-15(20)6-4-14)19(17(23)26)11-22(12-19)18-21-7-8-27-18/h3-8,13H,9-12H2,1-2H3. The van der Waals surface area contributed by atoms with Crippen LogP contribution in [0, 0.1) is 0 Å². The van der Waals surface area contributed by atoms with Crippen LogP contribution in [-0.4, -0.2) is 57.8 Å². The van der Waals surface area contributed by atoms with Crippen molar-refractivity contribution in [1.82, 2.24) is 14.8 Å². The van der Waals surface area contributed by atoms with E-state index in [0.29, 0.717) is 24.7 Å². The average molecular weight is 405 g/mol. The van der Waals surface area contributed by atoms with Crippen molar-refractivity contribution in [3.8, 4) is 0 Å². The number of amides is 2. The van der Waals surface area contributed by atoms with Crippen LogP contribution in [0.5, 0.6) is 0 Å². The van der Waals surface area contributed by atoms with Crippen molar-refractivity contribution in [1.29, 1.82) is 0 Å². The molecule has 8 heteroatoms. The summed E-state index contributed by atoms with van der Waals surface area (Å²) in [5, 5.41) is 3.45. The van der Waals surface area contributed by atoms with Crippen LogP contribution in [0.3, 0.4) is 0 Å². The molecule has 0 bridgehead atoms. The number of aromatic nitrogens is 1. The molecule has 4 rings (SSSR count). The number of benzene rings is 1. The molecule has 0 unspecified atom stereocenters. The van der Waals surface area contributed by atoms with Gasteiger partial charge < -0.3 is 14.7 Å². The molecular weight excluding hydrogens is 384 g/mol. The summed E-state index contributed by atoms with van der Waals surface area (Å²) in [6, 6.07) is 7.41. The molecule has 3 heterocycles. The molecule has 2 aliphatic heterocycles. The number of carbonyl (C=O) groups is 2. The van der Waals surface area contributed by atoms with Crippen molar-refractivity contribution in [3.63, 3.8) is 0 Å². The molecule has 0 aliphatic carbocycles. The summed E-state index contributed by atoms with van der Waals surface area (Å²) in [5.41, 5.74) is 0.135. The Balaban J connectivity index is 1.64. The second-order valence-electron chi connectivity index (χ2n) is 7.34. The molecule has 1 spiro atoms. The Morgan fingerprint density at radius 2 is 1.93 bits per heavy atom. The first-order valence-corrected chi connectivity index (χ1v) is 10.2. The minimum Gasteiger partial charge on any atom is -0.342 e. The molecule has 2 aromatic rings. The molecule has 2 saturated heterocycles. The highest BCUT2D eigenvalue weighted by molar-refractivity contribution is 7.13. The fraction of sp³-hybridized carbons (Fsp3) is 0.421. The number of piperazine rings is 1. The number of anilines is 1. The fourth-order valence-electron chi connectivity index (χ4n) is 3.75. The number of thiazole rings is 1. The zero-order chi connectivity index (χ0) is 19.2. The average Bonchev–Trinajstić information content (AvgIpc) is 3.12. The van der Waals surface area contributed by atoms with Crippen LogP contribution in [0.4, 0.5) is 5.13 Å². The number of halogens is 1. The van der Waals surface area contributed by atoms with Crippen molar-refractivity contribution in [2.75, 3.05) is 24.5 Å². The second-order valence-corrected chi connectivity index (χ2v) is 8.64. The van der Waals surface area contributed by atoms with Crippen LogP contribution >= 0.6 is 22.9 Å². The molecule has 2 aliphatic rings. The Labute approximate surface area is 167 Å². The number of nitrogens with zero attached hydrogens (tertiary/aromatic N) is 4. The summed E-state index contributed by atoms with van der Waals surface area (Å²) in [6.07, 6.45) is 1.75. The fourth-order valence-corrected chi connectivity index (χ4v) is 4.52. The molecule has 1 aromatic carbocycles. The third-order valence-corrected chi connectivity index (χ3v) is 6.34. The van der Waals surface area contributed by atoms with Gasteiger partial charge in [0.2, 0.25) is 5.91 Å². The lowest BCUT2D eigenvalue weighted by molar-refractivity contribution is -0.170. The van der Waals surface area contributed by atoms with Gasteiger partial charge in [-0.2, -0.15) is 0 Å². The van der Waals surface area contributed by atoms with Gasteiger partial charge in [-0.1, -0.05) is 23.7 Å². The number of hydrogen-bond acceptors (Lipinski definition) is 5. The van der Waals surface area contributed by atoms with Gasteiger partial charge in [0.15, 0.2) is 10.7 Å². The highest BCUT2D eigenvalue weighted by atomic mass is 35.5. The van der Waals surface area contributed by atoms with E-state index < -0.39 is 5.54 Å². The third kappa shape index (κ3) is 3.08. The van der Waals surface area contributed by atoms with Crippen LogP contribution < -0.4 is 4.90 Å². The first-order chi connectivity index (χ1) is 12.9. The number of rotatable bonds is 4. The van der Waals surface area contributed by atoms with Gasteiger partial charge >= 0.3 is 0 Å². The van der Waals surface area contributed by atoms with Crippen LogP contribution in [0.1, 0.15) is 19.4 Å². The van der Waals surface area contributed by atoms with Crippen LogP contribution in [0.25, 0.3) is 0 Å². The molecule has 1 aromatic heterocycles. The quantitative estimate of drug-likeness (QED) is 0.786. The predicted octanol–water partition coefficient (Wildman–Crippen LogP) is 2.63. The molecule has 0 N–H and O–H groups in total. The minimum atomic E-state index is -0.828. The van der Waals surface area contributed by atoms with Gasteiger partial charge in [-0.15, -0.1) is 11.3 Å². The maximum atomic E-state index is 13.4. The molecule has 0 saturated carbocycles. The van der Waals surface area contributed by atoms with Crippen molar-refractivity contribution in [2.24, 2.45) is 0 Å². The predicted molar refractivity (Wildman–Crippen MR) is 106 cm³/mol. The van der Waals surface area contributed by atoms with E-state index in [9.17, 15) is 9.59 Å². The van der Waals surface area contributed by atoms with Crippen molar-refractivity contribution in [3.05, 3.63) is 46.4 Å². The third-order valence-electron chi connectivity index (χ3n) is 5.25. The molecule has 0 atom stereocenters. The van der Waals surface area contributed by atoms with Crippen LogP contribution in [0.2, 0.25) is 5.02 Å². The SMILES string of the molecule is CC(C)N1CC(=O)N(Cc2ccc(Cl)cc2)C2(CN(c3nccs3)C2)C1=O. The maximum Gasteiger partial charge on any atom is 0.252 e. The Morgan fingerprint density at radius 1 is 1.22 bits per heavy atom. The minimum absolute atomic E-state index is 0.00933. The van der Waals surface area contributed by atoms with E-state index >= 15 is 0 Å². The Morgan fingerprint density at radius 3 is 2.52 bits per heavy atom. The lowest BCUT2D eigenvalue weighted by atomic mass is 9.83. The van der Waals surface area contributed by atoms with E-state index in [0.717, 1.165) is 10.7 Å². The largest absolute Gasteiger partial charge is 0.342 e. The van der Waals surface area contributed by atoms with E-state index in [1.54, 1.807) is 27.3 Å². The lowest BCUT2D eigenvalue weighted by Crippen LogP contribution is -2.81. The summed E-state index contributed by atoms with van der Waals surface area (Å²) in [7, 11) is 0. The summed E-state index contributed by atoms with van der Waals surface area (Å²) in [6.45, 7) is 5.38. The zero-order valence-electron chi connectivity index (χ0n) is 15.3. The highest BCUT2D eigenvalue weighted by Crippen LogP contribution is 2.38. The van der Waals surface area contributed by atoms with Crippen molar-refractivity contribution >= 4 is 39.9 Å². The van der Waals surface area contributed by atoms with Gasteiger partial charge in [-0.25, -0.2) is 4.98 Å². The van der Waals surface area contributed by atoms with Gasteiger partial charge in [0.05, 0.1) is 13.1 Å². The van der Waals surface area contributed by atoms with Crippen molar-refractivity contribution in [2.45, 2.75) is 32.0 Å². The van der Waals surface area contributed by atoms with Crippen LogP contribution in [0.15, 0.2) is 35.8 Å². The Bertz CT molecular complexity index is 847. The van der Waals surface area contributed by atoms with Gasteiger partial charge in [-0.3, -0.25) is 9.59 Å². The van der Waals surface area contributed by atoms with Gasteiger partial charge in [-0.05, 0) is 31.5 Å². The number of carbonyl (C=O) groups excluding carboxylic acids is 2. The van der Waals surface area contributed by atoms with E-state index in [2.05, 4.69) is 9.88 Å². The van der Waals surface area contributed by atoms with Crippen LogP contribution in [-0.2, 0) is 16.1 Å².